The highest BCUT2D eigenvalue weighted by Gasteiger charge is 2.11. The van der Waals surface area contributed by atoms with Crippen LogP contribution in [0.3, 0.4) is 0 Å². The zero-order valence-electron chi connectivity index (χ0n) is 19.2. The number of carboxylic acid groups (broad SMARTS) is 1. The van der Waals surface area contributed by atoms with Crippen LogP contribution in [0.2, 0.25) is 15.1 Å². The molecular weight excluding hydrogens is 585 g/mol. The second-order valence-corrected chi connectivity index (χ2v) is 10.2. The Balaban J connectivity index is 0.000000128. The number of rotatable bonds is 1. The van der Waals surface area contributed by atoms with Crippen LogP contribution in [0, 0.1) is 13.8 Å². The van der Waals surface area contributed by atoms with Crippen molar-refractivity contribution < 1.29 is 9.90 Å². The maximum absolute atomic E-state index is 10.8. The average Bonchev–Trinajstić information content (AvgIpc) is 3.56. The topological polar surface area (TPSA) is 84.7 Å². The fourth-order valence-electron chi connectivity index (χ4n) is 3.66. The van der Waals surface area contributed by atoms with E-state index in [1.807, 2.05) is 56.6 Å². The van der Waals surface area contributed by atoms with Crippen LogP contribution in [0.25, 0.3) is 32.7 Å². The fourth-order valence-corrected chi connectivity index (χ4v) is 4.51. The Morgan fingerprint density at radius 2 is 1.28 bits per heavy atom. The number of nitrogens with one attached hydrogen (secondary N) is 3. The Labute approximate surface area is 230 Å². The van der Waals surface area contributed by atoms with Crippen LogP contribution in [0.15, 0.2) is 71.6 Å². The number of hydrogen-bond acceptors (Lipinski definition) is 1. The summed E-state index contributed by atoms with van der Waals surface area (Å²) in [7, 11) is 0. The molecule has 0 fully saturated rings. The molecule has 0 radical (unpaired) electrons. The minimum Gasteiger partial charge on any atom is -0.478 e. The number of aromatic nitrogens is 3. The molecule has 0 spiro atoms. The van der Waals surface area contributed by atoms with Gasteiger partial charge in [0, 0.05) is 60.4 Å². The zero-order valence-corrected chi connectivity index (χ0v) is 23.1. The van der Waals surface area contributed by atoms with Crippen LogP contribution in [0.5, 0.6) is 0 Å². The molecule has 3 aromatic heterocycles. The van der Waals surface area contributed by atoms with Crippen molar-refractivity contribution in [1.82, 2.24) is 15.0 Å². The monoisotopic (exact) mass is 603 g/mol. The maximum atomic E-state index is 10.8. The number of H-pyrrole nitrogens is 3. The lowest BCUT2D eigenvalue weighted by atomic mass is 10.1. The van der Waals surface area contributed by atoms with E-state index in [2.05, 4.69) is 36.9 Å². The molecule has 0 aliphatic rings. The summed E-state index contributed by atoms with van der Waals surface area (Å²) in [5.41, 5.74) is 5.19. The highest BCUT2D eigenvalue weighted by Crippen LogP contribution is 2.27. The van der Waals surface area contributed by atoms with Crippen molar-refractivity contribution in [2.24, 2.45) is 0 Å². The number of benzene rings is 3. The van der Waals surface area contributed by atoms with Crippen LogP contribution in [0.1, 0.15) is 21.5 Å². The van der Waals surface area contributed by atoms with E-state index in [0.29, 0.717) is 10.4 Å². The number of aryl methyl sites for hydroxylation is 2. The van der Waals surface area contributed by atoms with Crippen molar-refractivity contribution in [3.63, 3.8) is 0 Å². The third kappa shape index (κ3) is 5.73. The Morgan fingerprint density at radius 1 is 0.750 bits per heavy atom. The number of aromatic amines is 3. The maximum Gasteiger partial charge on any atom is 0.337 e. The minimum atomic E-state index is -0.932. The van der Waals surface area contributed by atoms with Gasteiger partial charge >= 0.3 is 5.97 Å². The summed E-state index contributed by atoms with van der Waals surface area (Å²) in [4.78, 5) is 19.9. The molecule has 184 valence electrons. The summed E-state index contributed by atoms with van der Waals surface area (Å²) >= 11 is 21.1. The van der Waals surface area contributed by atoms with Gasteiger partial charge in [0.05, 0.1) is 10.6 Å². The summed E-state index contributed by atoms with van der Waals surface area (Å²) < 4.78 is 0.936. The lowest BCUT2D eigenvalue weighted by molar-refractivity contribution is 0.0699. The summed E-state index contributed by atoms with van der Waals surface area (Å²) in [6, 6.07) is 15.5. The molecule has 5 nitrogen and oxygen atoms in total. The molecule has 0 bridgehead atoms. The zero-order chi connectivity index (χ0) is 26.0. The first-order chi connectivity index (χ1) is 17.1. The summed E-state index contributed by atoms with van der Waals surface area (Å²) in [6.07, 6.45) is 5.29. The summed E-state index contributed by atoms with van der Waals surface area (Å²) in [6.45, 7) is 3.86. The first kappa shape index (κ1) is 26.2. The van der Waals surface area contributed by atoms with Crippen LogP contribution in [0.4, 0.5) is 0 Å². The second kappa shape index (κ2) is 11.0. The lowest BCUT2D eigenvalue weighted by Crippen LogP contribution is -1.93. The third-order valence-corrected chi connectivity index (χ3v) is 7.63. The molecule has 0 amide bonds. The quantitative estimate of drug-likeness (QED) is 0.150. The lowest BCUT2D eigenvalue weighted by Gasteiger charge is -1.98. The van der Waals surface area contributed by atoms with Gasteiger partial charge in [-0.05, 0) is 94.8 Å². The molecule has 0 aliphatic heterocycles. The number of carboxylic acids is 1. The minimum absolute atomic E-state index is 0.278. The van der Waals surface area contributed by atoms with Gasteiger partial charge in [0.15, 0.2) is 0 Å². The molecule has 0 saturated carbocycles. The SMILES string of the molecule is Cc1cc2c(C(=O)O)c[nH]c2cc1Cl.Cc1cc2cc[nH]c2cc1Cl.Clc1cc2[nH]ccc2cc1Br. The second-order valence-electron chi connectivity index (χ2n) is 8.15. The number of aromatic carboxylic acids is 1. The summed E-state index contributed by atoms with van der Waals surface area (Å²) in [5, 5.41) is 14.1. The molecular formula is C27H21BrCl3N3O2. The van der Waals surface area contributed by atoms with Crippen molar-refractivity contribution >= 4 is 89.4 Å². The van der Waals surface area contributed by atoms with Crippen LogP contribution >= 0.6 is 50.7 Å². The summed E-state index contributed by atoms with van der Waals surface area (Å²) in [5.74, 6) is -0.932. The van der Waals surface area contributed by atoms with Crippen LogP contribution in [-0.4, -0.2) is 26.0 Å². The van der Waals surface area contributed by atoms with Crippen molar-refractivity contribution in [3.05, 3.63) is 103 Å². The van der Waals surface area contributed by atoms with E-state index in [1.165, 1.54) is 17.0 Å². The normalized spacial score (nSPS) is 10.7. The van der Waals surface area contributed by atoms with Gasteiger partial charge in [0.2, 0.25) is 0 Å². The molecule has 0 saturated heterocycles. The molecule has 4 N–H and O–H groups in total. The Hall–Kier alpha value is -2.90. The van der Waals surface area contributed by atoms with Gasteiger partial charge in [-0.15, -0.1) is 0 Å². The van der Waals surface area contributed by atoms with Gasteiger partial charge in [-0.1, -0.05) is 34.8 Å². The molecule has 9 heteroatoms. The Bertz CT molecular complexity index is 1550. The number of halogens is 4. The molecule has 0 atom stereocenters. The number of hydrogen-bond donors (Lipinski definition) is 4. The first-order valence-electron chi connectivity index (χ1n) is 10.8. The van der Waals surface area contributed by atoms with E-state index in [-0.39, 0.29) is 5.56 Å². The van der Waals surface area contributed by atoms with Crippen LogP contribution < -0.4 is 0 Å². The molecule has 3 heterocycles. The molecule has 0 unspecified atom stereocenters. The van der Waals surface area contributed by atoms with Gasteiger partial charge in [-0.2, -0.15) is 0 Å². The smallest absolute Gasteiger partial charge is 0.337 e. The highest BCUT2D eigenvalue weighted by molar-refractivity contribution is 9.10. The molecule has 6 aromatic rings. The molecule has 6 rings (SSSR count). The van der Waals surface area contributed by atoms with Gasteiger partial charge in [0.1, 0.15) is 0 Å². The first-order valence-corrected chi connectivity index (χ1v) is 12.7. The van der Waals surface area contributed by atoms with E-state index >= 15 is 0 Å². The molecule has 3 aromatic carbocycles. The number of carbonyl (C=O) groups is 1. The Kier molecular flexibility index (Phi) is 8.00. The van der Waals surface area contributed by atoms with E-state index < -0.39 is 5.97 Å². The largest absolute Gasteiger partial charge is 0.478 e. The van der Waals surface area contributed by atoms with E-state index in [4.69, 9.17) is 39.9 Å². The molecule has 0 aliphatic carbocycles. The van der Waals surface area contributed by atoms with Crippen molar-refractivity contribution in [2.45, 2.75) is 13.8 Å². The van der Waals surface area contributed by atoms with Gasteiger partial charge in [-0.3, -0.25) is 0 Å². The Morgan fingerprint density at radius 3 is 1.89 bits per heavy atom. The van der Waals surface area contributed by atoms with E-state index in [0.717, 1.165) is 42.2 Å². The van der Waals surface area contributed by atoms with E-state index in [9.17, 15) is 4.79 Å². The van der Waals surface area contributed by atoms with Crippen LogP contribution in [-0.2, 0) is 0 Å². The highest BCUT2D eigenvalue weighted by atomic mass is 79.9. The number of fused-ring (bicyclic) bond motifs is 3. The fraction of sp³-hybridized carbons (Fsp3) is 0.0741. The van der Waals surface area contributed by atoms with Gasteiger partial charge in [-0.25, -0.2) is 4.79 Å². The predicted octanol–water partition coefficient (Wildman–Crippen LogP) is 9.54. The molecule has 36 heavy (non-hydrogen) atoms. The standard InChI is InChI=1S/C10H8ClNO2.C9H8ClN.C8H5BrClN/c1-5-2-6-7(10(13)14)4-12-9(6)3-8(5)11;1-6-4-7-2-3-11-9(7)5-8(6)10;9-6-3-5-1-2-11-8(5)4-7(6)10/h2-4,12H,1H3,(H,13,14);2-5,11H,1H3;1-4,11H. The predicted molar refractivity (Wildman–Crippen MR) is 154 cm³/mol. The third-order valence-electron chi connectivity index (χ3n) is 5.62. The van der Waals surface area contributed by atoms with Crippen molar-refractivity contribution in [1.29, 1.82) is 0 Å². The van der Waals surface area contributed by atoms with E-state index in [1.54, 1.807) is 12.1 Å². The van der Waals surface area contributed by atoms with Crippen molar-refractivity contribution in [2.75, 3.05) is 0 Å². The van der Waals surface area contributed by atoms with Gasteiger partial charge < -0.3 is 20.1 Å². The average molecular weight is 606 g/mol. The van der Waals surface area contributed by atoms with Crippen molar-refractivity contribution in [3.8, 4) is 0 Å². The van der Waals surface area contributed by atoms with Gasteiger partial charge in [0.25, 0.3) is 0 Å².